The molecular weight excluding hydrogens is 343 g/mol. The average Bonchev–Trinajstić information content (AvgIpc) is 2.63. The van der Waals surface area contributed by atoms with E-state index >= 15 is 0 Å². The van der Waals surface area contributed by atoms with Crippen molar-refractivity contribution in [1.29, 1.82) is 0 Å². The topological polar surface area (TPSA) is 38.9 Å². The summed E-state index contributed by atoms with van der Waals surface area (Å²) in [6.07, 6.45) is 3.08. The molecule has 0 amide bonds. The molecule has 2 nitrogen and oxygen atoms in total. The lowest BCUT2D eigenvalue weighted by molar-refractivity contribution is 0.879. The minimum Gasteiger partial charge on any atom is -0.375 e. The fraction of sp³-hybridized carbons (Fsp3) is 0.308. The molecule has 0 atom stereocenters. The van der Waals surface area contributed by atoms with Crippen LogP contribution in [0.2, 0.25) is 0 Å². The first-order chi connectivity index (χ1) is 8.19. The molecule has 1 heterocycles. The predicted molar refractivity (Wildman–Crippen MR) is 82.5 cm³/mol. The summed E-state index contributed by atoms with van der Waals surface area (Å²) in [5.41, 5.74) is 8.29. The zero-order valence-corrected chi connectivity index (χ0v) is 12.7. The Kier molecular flexibility index (Phi) is 4.39. The van der Waals surface area contributed by atoms with Gasteiger partial charge < -0.3 is 5.73 Å². The van der Waals surface area contributed by atoms with Gasteiger partial charge in [0.05, 0.1) is 5.69 Å². The van der Waals surface area contributed by atoms with E-state index in [1.165, 1.54) is 19.7 Å². The summed E-state index contributed by atoms with van der Waals surface area (Å²) in [5, 5.41) is 0.689. The highest BCUT2D eigenvalue weighted by Gasteiger charge is 2.09. The van der Waals surface area contributed by atoms with Crippen LogP contribution in [0.25, 0.3) is 0 Å². The number of thiazole rings is 1. The van der Waals surface area contributed by atoms with E-state index in [1.54, 1.807) is 11.3 Å². The Balaban J connectivity index is 2.20. The summed E-state index contributed by atoms with van der Waals surface area (Å²) in [7, 11) is 0. The standard InChI is InChI=1S/C13H15IN2S/c1-2-3-11-12(17-13(15)16-11)8-9-4-6-10(14)7-5-9/h4-7H,2-3,8H2,1H3,(H2,15,16). The SMILES string of the molecule is CCCc1nc(N)sc1Cc1ccc(I)cc1. The smallest absolute Gasteiger partial charge is 0.180 e. The average molecular weight is 358 g/mol. The number of nitrogens with zero attached hydrogens (tertiary/aromatic N) is 1. The molecule has 0 fully saturated rings. The second-order valence-corrected chi connectivity index (χ2v) is 6.34. The zero-order chi connectivity index (χ0) is 12.3. The van der Waals surface area contributed by atoms with Crippen molar-refractivity contribution in [3.8, 4) is 0 Å². The zero-order valence-electron chi connectivity index (χ0n) is 9.74. The number of nitrogen functional groups attached to an aromatic ring is 1. The van der Waals surface area contributed by atoms with Gasteiger partial charge in [-0.2, -0.15) is 0 Å². The third-order valence-electron chi connectivity index (χ3n) is 2.56. The summed E-state index contributed by atoms with van der Waals surface area (Å²) in [4.78, 5) is 5.72. The van der Waals surface area contributed by atoms with E-state index in [1.807, 2.05) is 0 Å². The quantitative estimate of drug-likeness (QED) is 0.843. The Labute approximate surface area is 119 Å². The first kappa shape index (κ1) is 12.8. The minimum absolute atomic E-state index is 0.689. The van der Waals surface area contributed by atoms with Crippen LogP contribution in [0.4, 0.5) is 5.13 Å². The first-order valence-electron chi connectivity index (χ1n) is 5.67. The molecule has 90 valence electrons. The number of benzene rings is 1. The summed E-state index contributed by atoms with van der Waals surface area (Å²) in [5.74, 6) is 0. The van der Waals surface area contributed by atoms with Gasteiger partial charge in [0.1, 0.15) is 0 Å². The summed E-state index contributed by atoms with van der Waals surface area (Å²) < 4.78 is 1.27. The van der Waals surface area contributed by atoms with Crippen LogP contribution >= 0.6 is 33.9 Å². The Morgan fingerprint density at radius 3 is 2.65 bits per heavy atom. The van der Waals surface area contributed by atoms with E-state index < -0.39 is 0 Å². The van der Waals surface area contributed by atoms with Gasteiger partial charge in [0.25, 0.3) is 0 Å². The van der Waals surface area contributed by atoms with Crippen molar-refractivity contribution < 1.29 is 0 Å². The third-order valence-corrected chi connectivity index (χ3v) is 4.21. The molecule has 1 aromatic heterocycles. The Morgan fingerprint density at radius 2 is 2.00 bits per heavy atom. The number of aromatic nitrogens is 1. The molecule has 17 heavy (non-hydrogen) atoms. The number of anilines is 1. The van der Waals surface area contributed by atoms with Crippen molar-refractivity contribution in [2.75, 3.05) is 5.73 Å². The van der Waals surface area contributed by atoms with Crippen LogP contribution in [0, 0.1) is 3.57 Å². The monoisotopic (exact) mass is 358 g/mol. The molecule has 0 spiro atoms. The van der Waals surface area contributed by atoms with Gasteiger partial charge in [-0.25, -0.2) is 4.98 Å². The molecule has 2 aromatic rings. The van der Waals surface area contributed by atoms with E-state index in [0.29, 0.717) is 5.13 Å². The van der Waals surface area contributed by atoms with Gasteiger partial charge in [-0.1, -0.05) is 25.5 Å². The van der Waals surface area contributed by atoms with Gasteiger partial charge in [-0.05, 0) is 46.7 Å². The van der Waals surface area contributed by atoms with Crippen LogP contribution in [0.5, 0.6) is 0 Å². The van der Waals surface area contributed by atoms with Crippen LogP contribution in [0.3, 0.4) is 0 Å². The van der Waals surface area contributed by atoms with Crippen molar-refractivity contribution in [2.24, 2.45) is 0 Å². The minimum atomic E-state index is 0.689. The number of nitrogens with two attached hydrogens (primary N) is 1. The summed E-state index contributed by atoms with van der Waals surface area (Å²) in [6.45, 7) is 2.17. The predicted octanol–water partition coefficient (Wildman–Crippen LogP) is 3.87. The second kappa shape index (κ2) is 5.82. The number of rotatable bonds is 4. The van der Waals surface area contributed by atoms with Crippen molar-refractivity contribution >= 4 is 39.1 Å². The van der Waals surface area contributed by atoms with Gasteiger partial charge in [0.2, 0.25) is 0 Å². The van der Waals surface area contributed by atoms with Gasteiger partial charge in [0, 0.05) is 14.9 Å². The second-order valence-electron chi connectivity index (χ2n) is 3.98. The number of hydrogen-bond donors (Lipinski definition) is 1. The molecule has 0 aliphatic rings. The Morgan fingerprint density at radius 1 is 1.29 bits per heavy atom. The van der Waals surface area contributed by atoms with E-state index in [2.05, 4.69) is 58.8 Å². The molecule has 4 heteroatoms. The normalized spacial score (nSPS) is 10.7. The van der Waals surface area contributed by atoms with Crippen LogP contribution in [0.1, 0.15) is 29.5 Å². The molecule has 0 saturated carbocycles. The van der Waals surface area contributed by atoms with Crippen LogP contribution in [-0.4, -0.2) is 4.98 Å². The fourth-order valence-corrected chi connectivity index (χ4v) is 3.03. The highest BCUT2D eigenvalue weighted by atomic mass is 127. The summed E-state index contributed by atoms with van der Waals surface area (Å²) in [6, 6.07) is 8.63. The summed E-state index contributed by atoms with van der Waals surface area (Å²) >= 11 is 3.94. The van der Waals surface area contributed by atoms with Crippen molar-refractivity contribution in [1.82, 2.24) is 4.98 Å². The van der Waals surface area contributed by atoms with E-state index in [0.717, 1.165) is 19.3 Å². The van der Waals surface area contributed by atoms with Crippen LogP contribution in [0.15, 0.2) is 24.3 Å². The number of halogens is 1. The van der Waals surface area contributed by atoms with Gasteiger partial charge >= 0.3 is 0 Å². The maximum atomic E-state index is 5.79. The fourth-order valence-electron chi connectivity index (χ4n) is 1.76. The largest absolute Gasteiger partial charge is 0.375 e. The third kappa shape index (κ3) is 3.42. The van der Waals surface area contributed by atoms with Crippen molar-refractivity contribution in [3.05, 3.63) is 44.0 Å². The molecule has 1 aromatic carbocycles. The van der Waals surface area contributed by atoms with Gasteiger partial charge in [-0.3, -0.25) is 0 Å². The van der Waals surface area contributed by atoms with Crippen molar-refractivity contribution in [3.63, 3.8) is 0 Å². The van der Waals surface area contributed by atoms with E-state index in [4.69, 9.17) is 5.73 Å². The van der Waals surface area contributed by atoms with Crippen LogP contribution in [-0.2, 0) is 12.8 Å². The molecular formula is C13H15IN2S. The van der Waals surface area contributed by atoms with Gasteiger partial charge in [-0.15, -0.1) is 11.3 Å². The van der Waals surface area contributed by atoms with Crippen LogP contribution < -0.4 is 5.73 Å². The lowest BCUT2D eigenvalue weighted by atomic mass is 10.1. The molecule has 2 N–H and O–H groups in total. The Hall–Kier alpha value is -0.620. The maximum Gasteiger partial charge on any atom is 0.180 e. The Bertz CT molecular complexity index is 491. The molecule has 0 saturated heterocycles. The van der Waals surface area contributed by atoms with E-state index in [-0.39, 0.29) is 0 Å². The number of hydrogen-bond acceptors (Lipinski definition) is 3. The van der Waals surface area contributed by atoms with E-state index in [9.17, 15) is 0 Å². The first-order valence-corrected chi connectivity index (χ1v) is 7.57. The van der Waals surface area contributed by atoms with Crippen molar-refractivity contribution in [2.45, 2.75) is 26.2 Å². The molecule has 0 aliphatic carbocycles. The molecule has 0 aliphatic heterocycles. The number of aryl methyl sites for hydroxylation is 1. The highest BCUT2D eigenvalue weighted by Crippen LogP contribution is 2.24. The lowest BCUT2D eigenvalue weighted by Gasteiger charge is -2.01. The highest BCUT2D eigenvalue weighted by molar-refractivity contribution is 14.1. The molecule has 2 rings (SSSR count). The lowest BCUT2D eigenvalue weighted by Crippen LogP contribution is -1.93. The molecule has 0 radical (unpaired) electrons. The van der Waals surface area contributed by atoms with Gasteiger partial charge in [0.15, 0.2) is 5.13 Å². The maximum absolute atomic E-state index is 5.79. The molecule has 0 unspecified atom stereocenters. The molecule has 0 bridgehead atoms.